The second-order valence-corrected chi connectivity index (χ2v) is 14.2. The Hall–Kier alpha value is -4.90. The number of para-hydroxylation sites is 1. The highest BCUT2D eigenvalue weighted by molar-refractivity contribution is 7.80. The van der Waals surface area contributed by atoms with Gasteiger partial charge in [-0.05, 0) is 106 Å². The summed E-state index contributed by atoms with van der Waals surface area (Å²) in [5, 5.41) is 27.3. The number of allylic oxidation sites excluding steroid dienone is 5. The molecule has 2 heterocycles. The summed E-state index contributed by atoms with van der Waals surface area (Å²) in [7, 11) is 0. The van der Waals surface area contributed by atoms with Gasteiger partial charge in [-0.1, -0.05) is 73.9 Å². The molecule has 0 aromatic heterocycles. The number of hydrogen-bond acceptors (Lipinski definition) is 7. The van der Waals surface area contributed by atoms with Gasteiger partial charge in [-0.3, -0.25) is 14.5 Å². The highest BCUT2D eigenvalue weighted by Crippen LogP contribution is 2.47. The second kappa shape index (κ2) is 17.5. The maximum absolute atomic E-state index is 13.1. The number of carboxylic acid groups (broad SMARTS) is 1. The summed E-state index contributed by atoms with van der Waals surface area (Å²) < 4.78 is 11.7. The number of rotatable bonds is 15. The highest BCUT2D eigenvalue weighted by Gasteiger charge is 2.53. The largest absolute Gasteiger partial charge is 0.507 e. The van der Waals surface area contributed by atoms with Crippen LogP contribution in [-0.4, -0.2) is 63.3 Å². The van der Waals surface area contributed by atoms with E-state index >= 15 is 0 Å². The smallest absolute Gasteiger partial charge is 0.352 e. The van der Waals surface area contributed by atoms with Crippen LogP contribution in [0.2, 0.25) is 0 Å². The van der Waals surface area contributed by atoms with Crippen LogP contribution in [0.3, 0.4) is 0 Å². The van der Waals surface area contributed by atoms with Crippen molar-refractivity contribution in [2.24, 2.45) is 5.92 Å². The molecule has 0 spiro atoms. The SMILES string of the molecule is C=C(C)[C@@H]1CCC(C)=C[C@H]1c1c(O)cc(CCCCC)cc1OC(=S)NC/C=C/C1=C(C(=O)O)N2C(=O)[C@@H](NC(=O)COc3ccccc3)[C@H]2CC1. The predicted molar refractivity (Wildman–Crippen MR) is 204 cm³/mol. The first-order chi connectivity index (χ1) is 25.0. The highest BCUT2D eigenvalue weighted by atomic mass is 32.1. The summed E-state index contributed by atoms with van der Waals surface area (Å²) in [6.07, 6.45) is 12.4. The minimum absolute atomic E-state index is 0.0923. The molecule has 1 saturated heterocycles. The summed E-state index contributed by atoms with van der Waals surface area (Å²) in [6.45, 7) is 10.5. The number of aromatic hydroxyl groups is 1. The molecule has 2 amide bonds. The van der Waals surface area contributed by atoms with Gasteiger partial charge in [0.05, 0.1) is 6.04 Å². The minimum Gasteiger partial charge on any atom is -0.507 e. The van der Waals surface area contributed by atoms with E-state index in [-0.39, 0.29) is 41.6 Å². The number of thiocarbonyl (C=S) groups is 1. The van der Waals surface area contributed by atoms with Gasteiger partial charge < -0.3 is 30.3 Å². The molecule has 2 aromatic rings. The molecule has 52 heavy (non-hydrogen) atoms. The molecule has 0 radical (unpaired) electrons. The number of carbonyl (C=O) groups is 3. The Morgan fingerprint density at radius 1 is 1.13 bits per heavy atom. The van der Waals surface area contributed by atoms with Gasteiger partial charge in [-0.2, -0.15) is 0 Å². The lowest BCUT2D eigenvalue weighted by molar-refractivity contribution is -0.156. The van der Waals surface area contributed by atoms with Crippen LogP contribution in [0, 0.1) is 5.92 Å². The van der Waals surface area contributed by atoms with Crippen molar-refractivity contribution < 1.29 is 34.1 Å². The minimum atomic E-state index is -1.21. The molecular formula is C41H49N3O7S. The number of carbonyl (C=O) groups excluding carboxylic acids is 2. The fourth-order valence-corrected chi connectivity index (χ4v) is 7.50. The lowest BCUT2D eigenvalue weighted by Gasteiger charge is -2.50. The summed E-state index contributed by atoms with van der Waals surface area (Å²) in [4.78, 5) is 39.2. The molecule has 276 valence electrons. The molecule has 3 aliphatic rings. The van der Waals surface area contributed by atoms with Crippen molar-refractivity contribution in [3.8, 4) is 17.2 Å². The average Bonchev–Trinajstić information content (AvgIpc) is 3.11. The predicted octanol–water partition coefficient (Wildman–Crippen LogP) is 6.86. The van der Waals surface area contributed by atoms with E-state index in [4.69, 9.17) is 21.7 Å². The fourth-order valence-electron chi connectivity index (χ4n) is 7.33. The van der Waals surface area contributed by atoms with Gasteiger partial charge in [0.15, 0.2) is 6.61 Å². The van der Waals surface area contributed by atoms with E-state index in [9.17, 15) is 24.6 Å². The number of phenols is 1. The van der Waals surface area contributed by atoms with Gasteiger partial charge in [-0.15, -0.1) is 0 Å². The van der Waals surface area contributed by atoms with Crippen molar-refractivity contribution in [1.29, 1.82) is 0 Å². The number of nitrogens with zero attached hydrogens (tertiary/aromatic N) is 1. The van der Waals surface area contributed by atoms with Crippen LogP contribution >= 0.6 is 12.2 Å². The van der Waals surface area contributed by atoms with E-state index in [0.29, 0.717) is 35.5 Å². The molecule has 0 saturated carbocycles. The molecule has 0 bridgehead atoms. The van der Waals surface area contributed by atoms with Crippen LogP contribution in [-0.2, 0) is 20.8 Å². The summed E-state index contributed by atoms with van der Waals surface area (Å²) >= 11 is 5.60. The average molecular weight is 728 g/mol. The first-order valence-electron chi connectivity index (χ1n) is 18.1. The molecule has 2 aromatic carbocycles. The third kappa shape index (κ3) is 9.11. The summed E-state index contributed by atoms with van der Waals surface area (Å²) in [5.74, 6) is -0.873. The van der Waals surface area contributed by atoms with Gasteiger partial charge in [0.1, 0.15) is 29.0 Å². The number of ether oxygens (including phenoxy) is 2. The molecule has 2 aliphatic heterocycles. The lowest BCUT2D eigenvalue weighted by Crippen LogP contribution is -2.71. The Bertz CT molecular complexity index is 1780. The van der Waals surface area contributed by atoms with E-state index < -0.39 is 29.9 Å². The number of aryl methyl sites for hydroxylation is 1. The van der Waals surface area contributed by atoms with Gasteiger partial charge in [0, 0.05) is 18.0 Å². The zero-order valence-electron chi connectivity index (χ0n) is 30.2. The Morgan fingerprint density at radius 3 is 2.62 bits per heavy atom. The number of nitrogens with one attached hydrogen (secondary N) is 2. The van der Waals surface area contributed by atoms with Crippen molar-refractivity contribution in [2.45, 2.75) is 90.1 Å². The first kappa shape index (κ1) is 38.3. The van der Waals surface area contributed by atoms with Gasteiger partial charge >= 0.3 is 5.97 Å². The van der Waals surface area contributed by atoms with E-state index in [1.165, 1.54) is 10.5 Å². The molecule has 4 N–H and O–H groups in total. The number of hydrogen-bond donors (Lipinski definition) is 4. The number of β-lactam (4-membered cyclic amide) rings is 1. The molecule has 1 aliphatic carbocycles. The number of benzene rings is 2. The normalized spacial score (nSPS) is 21.2. The molecule has 10 nitrogen and oxygen atoms in total. The lowest BCUT2D eigenvalue weighted by atomic mass is 9.73. The quantitative estimate of drug-likeness (QED) is 0.0672. The van der Waals surface area contributed by atoms with Crippen LogP contribution in [0.4, 0.5) is 0 Å². The number of carboxylic acids is 1. The number of fused-ring (bicyclic) bond motifs is 1. The Balaban J connectivity index is 1.24. The first-order valence-corrected chi connectivity index (χ1v) is 18.5. The van der Waals surface area contributed by atoms with Crippen molar-refractivity contribution in [3.05, 3.63) is 101 Å². The number of aliphatic carboxylic acids is 1. The van der Waals surface area contributed by atoms with Crippen LogP contribution in [0.15, 0.2) is 89.7 Å². The van der Waals surface area contributed by atoms with Crippen LogP contribution < -0.4 is 20.1 Å². The molecule has 5 rings (SSSR count). The van der Waals surface area contributed by atoms with Crippen LogP contribution in [0.5, 0.6) is 17.2 Å². The Labute approximate surface area is 311 Å². The summed E-state index contributed by atoms with van der Waals surface area (Å²) in [6, 6.07) is 11.4. The molecule has 4 atom stereocenters. The zero-order chi connectivity index (χ0) is 37.4. The van der Waals surface area contributed by atoms with Crippen molar-refractivity contribution in [1.82, 2.24) is 15.5 Å². The van der Waals surface area contributed by atoms with Gasteiger partial charge in [0.2, 0.25) is 0 Å². The zero-order valence-corrected chi connectivity index (χ0v) is 31.0. The van der Waals surface area contributed by atoms with E-state index in [1.807, 2.05) is 25.1 Å². The van der Waals surface area contributed by atoms with Crippen molar-refractivity contribution in [3.63, 3.8) is 0 Å². The molecule has 0 unspecified atom stereocenters. The maximum atomic E-state index is 13.1. The summed E-state index contributed by atoms with van der Waals surface area (Å²) in [5.41, 5.74) is 4.38. The second-order valence-electron chi connectivity index (χ2n) is 13.8. The van der Waals surface area contributed by atoms with E-state index in [1.54, 1.807) is 36.4 Å². The third-order valence-corrected chi connectivity index (χ3v) is 10.2. The van der Waals surface area contributed by atoms with E-state index in [0.717, 1.165) is 49.7 Å². The number of phenolic OH excluding ortho intramolecular Hbond substituents is 1. The van der Waals surface area contributed by atoms with E-state index in [2.05, 4.69) is 37.1 Å². The topological polar surface area (TPSA) is 137 Å². The van der Waals surface area contributed by atoms with Crippen LogP contribution in [0.25, 0.3) is 0 Å². The standard InChI is InChI=1S/C41H49N3O7S/c1-5-6-8-12-27-22-33(45)36(31-21-26(4)16-18-30(31)25(2)3)34(23-27)51-41(52)42-20-11-13-28-17-19-32-37(39(47)44(32)38(28)40(48)49)43-35(46)24-50-29-14-9-7-10-15-29/h7,9-11,13-15,21-23,30-32,37,45H,2,5-6,8,12,16-20,24H2,1,3-4H3,(H,42,52)(H,43,46)(H,48,49)/b13-11+/t30-,31+,32+,37-/m0/s1. The fraction of sp³-hybridized carbons (Fsp3) is 0.415. The molecule has 1 fully saturated rings. The third-order valence-electron chi connectivity index (χ3n) is 9.96. The monoisotopic (exact) mass is 727 g/mol. The van der Waals surface area contributed by atoms with Gasteiger partial charge in [0.25, 0.3) is 17.0 Å². The molecular weight excluding hydrogens is 679 g/mol. The maximum Gasteiger partial charge on any atom is 0.352 e. The van der Waals surface area contributed by atoms with Crippen LogP contribution in [0.1, 0.15) is 82.8 Å². The Morgan fingerprint density at radius 2 is 1.90 bits per heavy atom. The van der Waals surface area contributed by atoms with Crippen molar-refractivity contribution >= 4 is 35.2 Å². The van der Waals surface area contributed by atoms with Crippen molar-refractivity contribution in [2.75, 3.05) is 13.2 Å². The number of amides is 2. The van der Waals surface area contributed by atoms with Gasteiger partial charge in [-0.25, -0.2) is 4.79 Å². The number of unbranched alkanes of at least 4 members (excludes halogenated alkanes) is 2. The molecule has 11 heteroatoms. The Kier molecular flexibility index (Phi) is 12.9.